The van der Waals surface area contributed by atoms with E-state index in [0.29, 0.717) is 27.5 Å². The Bertz CT molecular complexity index is 636. The predicted molar refractivity (Wildman–Crippen MR) is 84.9 cm³/mol. The molecule has 0 aliphatic rings. The molecule has 0 saturated carbocycles. The van der Waals surface area contributed by atoms with Crippen LogP contribution in [-0.2, 0) is 5.41 Å². The molecule has 4 nitrogen and oxygen atoms in total. The highest BCUT2D eigenvalue weighted by atomic mass is 35.5. The third-order valence-electron chi connectivity index (χ3n) is 2.61. The number of nitrogens with two attached hydrogens (primary N) is 1. The van der Waals surface area contributed by atoms with Crippen molar-refractivity contribution < 1.29 is 0 Å². The van der Waals surface area contributed by atoms with Crippen LogP contribution < -0.4 is 11.1 Å². The molecule has 2 rings (SSSR count). The van der Waals surface area contributed by atoms with E-state index in [0.717, 1.165) is 5.69 Å². The van der Waals surface area contributed by atoms with Crippen molar-refractivity contribution in [1.29, 1.82) is 0 Å². The van der Waals surface area contributed by atoms with E-state index in [2.05, 4.69) is 15.3 Å². The second kappa shape index (κ2) is 5.46. The van der Waals surface area contributed by atoms with Crippen LogP contribution in [0.1, 0.15) is 26.6 Å². The van der Waals surface area contributed by atoms with Crippen LogP contribution in [0, 0.1) is 0 Å². The molecule has 0 atom stereocenters. The van der Waals surface area contributed by atoms with E-state index in [1.54, 1.807) is 18.2 Å². The minimum atomic E-state index is -0.177. The number of aromatic nitrogens is 2. The van der Waals surface area contributed by atoms with Gasteiger partial charge in [0.15, 0.2) is 0 Å². The number of nitrogen functional groups attached to an aromatic ring is 1. The number of nitrogens with zero attached hydrogens (tertiary/aromatic N) is 2. The molecule has 1 aromatic carbocycles. The zero-order chi connectivity index (χ0) is 14.9. The molecular weight excluding hydrogens is 295 g/mol. The summed E-state index contributed by atoms with van der Waals surface area (Å²) in [5.41, 5.74) is 6.44. The standard InChI is InChI=1S/C14H16Cl2N4/c1-14(2,3)13-19-11(17)7-12(20-13)18-8-4-5-9(15)10(16)6-8/h4-7H,1-3H3,(H3,17,18,19,20). The van der Waals surface area contributed by atoms with E-state index in [4.69, 9.17) is 28.9 Å². The molecule has 6 heteroatoms. The summed E-state index contributed by atoms with van der Waals surface area (Å²) in [5.74, 6) is 1.73. The molecule has 106 valence electrons. The SMILES string of the molecule is CC(C)(C)c1nc(N)cc(Nc2ccc(Cl)c(Cl)c2)n1. The Balaban J connectivity index is 2.33. The van der Waals surface area contributed by atoms with Crippen LogP contribution in [0.4, 0.5) is 17.3 Å². The summed E-state index contributed by atoms with van der Waals surface area (Å²) >= 11 is 11.9. The second-order valence-electron chi connectivity index (χ2n) is 5.51. The van der Waals surface area contributed by atoms with Crippen molar-refractivity contribution in [3.63, 3.8) is 0 Å². The Labute approximate surface area is 128 Å². The van der Waals surface area contributed by atoms with Crippen LogP contribution in [0.15, 0.2) is 24.3 Å². The predicted octanol–water partition coefficient (Wildman–Crippen LogP) is 4.41. The van der Waals surface area contributed by atoms with Crippen LogP contribution in [0.5, 0.6) is 0 Å². The maximum atomic E-state index is 5.99. The largest absolute Gasteiger partial charge is 0.384 e. The van der Waals surface area contributed by atoms with Crippen molar-refractivity contribution in [3.05, 3.63) is 40.1 Å². The van der Waals surface area contributed by atoms with Crippen molar-refractivity contribution >= 4 is 40.5 Å². The van der Waals surface area contributed by atoms with Gasteiger partial charge in [0, 0.05) is 17.2 Å². The van der Waals surface area contributed by atoms with Gasteiger partial charge in [-0.05, 0) is 18.2 Å². The zero-order valence-electron chi connectivity index (χ0n) is 11.5. The Morgan fingerprint density at radius 3 is 2.35 bits per heavy atom. The highest BCUT2D eigenvalue weighted by Gasteiger charge is 2.18. The molecule has 0 fully saturated rings. The molecule has 0 saturated heterocycles. The lowest BCUT2D eigenvalue weighted by Gasteiger charge is -2.18. The third-order valence-corrected chi connectivity index (χ3v) is 3.35. The Morgan fingerprint density at radius 2 is 1.75 bits per heavy atom. The lowest BCUT2D eigenvalue weighted by Crippen LogP contribution is -2.17. The zero-order valence-corrected chi connectivity index (χ0v) is 13.0. The summed E-state index contributed by atoms with van der Waals surface area (Å²) in [6.45, 7) is 6.10. The van der Waals surface area contributed by atoms with Gasteiger partial charge in [-0.1, -0.05) is 44.0 Å². The maximum Gasteiger partial charge on any atom is 0.138 e. The fourth-order valence-corrected chi connectivity index (χ4v) is 1.89. The molecule has 20 heavy (non-hydrogen) atoms. The van der Waals surface area contributed by atoms with Gasteiger partial charge in [-0.3, -0.25) is 0 Å². The lowest BCUT2D eigenvalue weighted by molar-refractivity contribution is 0.547. The summed E-state index contributed by atoms with van der Waals surface area (Å²) in [4.78, 5) is 8.73. The van der Waals surface area contributed by atoms with E-state index in [9.17, 15) is 0 Å². The van der Waals surface area contributed by atoms with Gasteiger partial charge >= 0.3 is 0 Å². The Kier molecular flexibility index (Phi) is 4.06. The molecule has 3 N–H and O–H groups in total. The van der Waals surface area contributed by atoms with E-state index in [1.165, 1.54) is 0 Å². The summed E-state index contributed by atoms with van der Waals surface area (Å²) in [7, 11) is 0. The minimum Gasteiger partial charge on any atom is -0.384 e. The van der Waals surface area contributed by atoms with Crippen LogP contribution in [0.25, 0.3) is 0 Å². The second-order valence-corrected chi connectivity index (χ2v) is 6.32. The highest BCUT2D eigenvalue weighted by molar-refractivity contribution is 6.42. The molecule has 0 radical (unpaired) electrons. The van der Waals surface area contributed by atoms with Crippen molar-refractivity contribution in [3.8, 4) is 0 Å². The first kappa shape index (κ1) is 14.9. The summed E-state index contributed by atoms with van der Waals surface area (Å²) in [5, 5.41) is 4.14. The van der Waals surface area contributed by atoms with Gasteiger partial charge in [-0.2, -0.15) is 0 Å². The highest BCUT2D eigenvalue weighted by Crippen LogP contribution is 2.27. The van der Waals surface area contributed by atoms with Crippen LogP contribution in [0.2, 0.25) is 10.0 Å². The number of benzene rings is 1. The van der Waals surface area contributed by atoms with E-state index >= 15 is 0 Å². The van der Waals surface area contributed by atoms with Crippen molar-refractivity contribution in [2.24, 2.45) is 0 Å². The molecule has 0 aliphatic heterocycles. The van der Waals surface area contributed by atoms with Crippen molar-refractivity contribution in [2.45, 2.75) is 26.2 Å². The Morgan fingerprint density at radius 1 is 1.05 bits per heavy atom. The van der Waals surface area contributed by atoms with Gasteiger partial charge in [0.05, 0.1) is 10.0 Å². The first-order valence-corrected chi connectivity index (χ1v) is 6.88. The van der Waals surface area contributed by atoms with Gasteiger partial charge in [0.25, 0.3) is 0 Å². The molecule has 0 spiro atoms. The molecular formula is C14H16Cl2N4. The molecule has 0 bridgehead atoms. The van der Waals surface area contributed by atoms with Gasteiger partial charge in [0.1, 0.15) is 17.5 Å². The fraction of sp³-hybridized carbons (Fsp3) is 0.286. The van der Waals surface area contributed by atoms with E-state index < -0.39 is 0 Å². The van der Waals surface area contributed by atoms with Crippen molar-refractivity contribution in [2.75, 3.05) is 11.1 Å². The molecule has 0 aliphatic carbocycles. The molecule has 2 aromatic rings. The van der Waals surface area contributed by atoms with Gasteiger partial charge in [-0.15, -0.1) is 0 Å². The first-order valence-electron chi connectivity index (χ1n) is 6.13. The number of rotatable bonds is 2. The monoisotopic (exact) mass is 310 g/mol. The van der Waals surface area contributed by atoms with E-state index in [-0.39, 0.29) is 5.41 Å². The number of hydrogen-bond donors (Lipinski definition) is 2. The topological polar surface area (TPSA) is 63.8 Å². The van der Waals surface area contributed by atoms with Gasteiger partial charge in [0.2, 0.25) is 0 Å². The van der Waals surface area contributed by atoms with Crippen LogP contribution in [0.3, 0.4) is 0 Å². The van der Waals surface area contributed by atoms with Gasteiger partial charge < -0.3 is 11.1 Å². The summed E-state index contributed by atoms with van der Waals surface area (Å²) in [6, 6.07) is 6.96. The van der Waals surface area contributed by atoms with Crippen molar-refractivity contribution in [1.82, 2.24) is 9.97 Å². The number of hydrogen-bond acceptors (Lipinski definition) is 4. The average molecular weight is 311 g/mol. The lowest BCUT2D eigenvalue weighted by atomic mass is 9.96. The number of anilines is 3. The van der Waals surface area contributed by atoms with E-state index in [1.807, 2.05) is 26.8 Å². The normalized spacial score (nSPS) is 11.4. The van der Waals surface area contributed by atoms with Gasteiger partial charge in [-0.25, -0.2) is 9.97 Å². The minimum absolute atomic E-state index is 0.177. The molecule has 1 heterocycles. The quantitative estimate of drug-likeness (QED) is 0.862. The fourth-order valence-electron chi connectivity index (χ4n) is 1.59. The van der Waals surface area contributed by atoms with Crippen LogP contribution in [-0.4, -0.2) is 9.97 Å². The van der Waals surface area contributed by atoms with Crippen LogP contribution >= 0.6 is 23.2 Å². The number of nitrogens with one attached hydrogen (secondary N) is 1. The molecule has 1 aromatic heterocycles. The summed E-state index contributed by atoms with van der Waals surface area (Å²) < 4.78 is 0. The first-order chi connectivity index (χ1) is 9.25. The third kappa shape index (κ3) is 3.52. The maximum absolute atomic E-state index is 5.99. The molecule has 0 amide bonds. The number of halogens is 2. The Hall–Kier alpha value is -1.52. The summed E-state index contributed by atoms with van der Waals surface area (Å²) in [6.07, 6.45) is 0. The molecule has 0 unspecified atom stereocenters. The average Bonchev–Trinajstić information content (AvgIpc) is 2.32. The smallest absolute Gasteiger partial charge is 0.138 e.